The molecule has 0 N–H and O–H groups in total. The quantitative estimate of drug-likeness (QED) is 0.173. The van der Waals surface area contributed by atoms with E-state index in [1.807, 2.05) is 17.8 Å². The third-order valence-electron chi connectivity index (χ3n) is 9.45. The summed E-state index contributed by atoms with van der Waals surface area (Å²) in [6, 6.07) is 8.98. The van der Waals surface area contributed by atoms with Crippen molar-refractivity contribution >= 4 is 44.4 Å². The summed E-state index contributed by atoms with van der Waals surface area (Å²) in [4.78, 5) is 24.8. The number of aryl methyl sites for hydroxylation is 5. The van der Waals surface area contributed by atoms with Crippen LogP contribution >= 0.6 is 0 Å². The Hall–Kier alpha value is -3.57. The summed E-state index contributed by atoms with van der Waals surface area (Å²) in [6.45, 7) is 17.9. The van der Waals surface area contributed by atoms with Crippen LogP contribution in [0.5, 0.6) is 0 Å². The molecule has 6 heterocycles. The van der Waals surface area contributed by atoms with Crippen molar-refractivity contribution in [3.63, 3.8) is 0 Å². The molecule has 4 aromatic rings. The number of imidazole rings is 1. The number of rotatable bonds is 8. The van der Waals surface area contributed by atoms with E-state index in [1.54, 1.807) is 12.5 Å². The van der Waals surface area contributed by atoms with Crippen LogP contribution in [0, 0.1) is 0 Å². The molecule has 7 heteroatoms. The van der Waals surface area contributed by atoms with Crippen molar-refractivity contribution in [2.75, 3.05) is 0 Å². The maximum absolute atomic E-state index is 5.25. The molecule has 0 aliphatic carbocycles. The molecule has 4 aromatic heterocycles. The Labute approximate surface area is 294 Å². The molecule has 0 unspecified atom stereocenters. The van der Waals surface area contributed by atoms with Gasteiger partial charge >= 0.3 is 19.5 Å². The van der Waals surface area contributed by atoms with E-state index in [-0.39, 0.29) is 19.5 Å². The zero-order valence-corrected chi connectivity index (χ0v) is 33.1. The second-order valence-corrected chi connectivity index (χ2v) is 12.0. The number of allylic oxidation sites excluding steroid dienone is 4. The fourth-order valence-corrected chi connectivity index (χ4v) is 7.25. The Morgan fingerprint density at radius 3 is 1.09 bits per heavy atom. The summed E-state index contributed by atoms with van der Waals surface area (Å²) in [6.07, 6.45) is 13.0. The first-order valence-electron chi connectivity index (χ1n) is 17.4. The molecule has 0 atom stereocenters. The van der Waals surface area contributed by atoms with Gasteiger partial charge in [0.25, 0.3) is 0 Å². The third-order valence-corrected chi connectivity index (χ3v) is 9.45. The van der Waals surface area contributed by atoms with Crippen molar-refractivity contribution in [1.29, 1.82) is 0 Å². The molecule has 0 spiro atoms. The van der Waals surface area contributed by atoms with Crippen molar-refractivity contribution in [2.24, 2.45) is 7.05 Å². The van der Waals surface area contributed by atoms with Gasteiger partial charge in [-0.2, -0.15) is 0 Å². The molecular formula is C40H50N6Zn. The summed E-state index contributed by atoms with van der Waals surface area (Å²) >= 11 is 0. The van der Waals surface area contributed by atoms with Gasteiger partial charge in [-0.05, 0) is 79.7 Å². The van der Waals surface area contributed by atoms with E-state index in [0.29, 0.717) is 0 Å². The van der Waals surface area contributed by atoms with Crippen LogP contribution in [0.3, 0.4) is 0 Å². The standard InChI is InChI=1S/C36H44N4.C4H6N2.Zn/c1-9-21-22(10-2)30-18-32-25(13-5)26(14-6)34(39-32)20-36-28(16-8)27(15-7)35(40-36)19-33-24(12-4)23(11-3)31(38-33)17-29(21)37-30;1-6-3-2-5-4-6;/h17-20H,9-16H2,1-8H3;2-4H,1H3;/q-2;;+2. The molecular weight excluding hydrogens is 630 g/mol. The predicted octanol–water partition coefficient (Wildman–Crippen LogP) is 9.70. The average molecular weight is 680 g/mol. The number of hydrogen-bond acceptors (Lipinski definition) is 3. The Morgan fingerprint density at radius 2 is 0.830 bits per heavy atom. The normalized spacial score (nSPS) is 12.7. The minimum atomic E-state index is 0. The molecule has 8 bridgehead atoms. The molecule has 6 nitrogen and oxygen atoms in total. The van der Waals surface area contributed by atoms with E-state index in [4.69, 9.17) is 19.9 Å². The first-order chi connectivity index (χ1) is 22.3. The topological polar surface area (TPSA) is 71.8 Å². The van der Waals surface area contributed by atoms with E-state index < -0.39 is 0 Å². The van der Waals surface area contributed by atoms with E-state index >= 15 is 0 Å². The van der Waals surface area contributed by atoms with Crippen LogP contribution in [-0.2, 0) is 52.2 Å². The molecule has 0 amide bonds. The SMILES string of the molecule is CCC1=C(CC)c2cc3[n-]c(cc4[n-]c(cc5nc(cc1n2)C(CC)=C5CC)c(CC)c4CC)c(CC)c3CC.Cn1ccnc1.[Zn+2]. The van der Waals surface area contributed by atoms with Gasteiger partial charge in [0, 0.05) is 19.4 Å². The average Bonchev–Trinajstić information content (AvgIpc) is 3.87. The Morgan fingerprint density at radius 1 is 0.489 bits per heavy atom. The number of fused-ring (bicyclic) bond motifs is 8. The van der Waals surface area contributed by atoms with E-state index in [2.05, 4.69) is 84.6 Å². The van der Waals surface area contributed by atoms with Gasteiger partial charge in [-0.25, -0.2) is 15.0 Å². The van der Waals surface area contributed by atoms with Gasteiger partial charge in [0.05, 0.1) is 29.1 Å². The van der Waals surface area contributed by atoms with Crippen molar-refractivity contribution in [3.05, 3.63) is 88.0 Å². The van der Waals surface area contributed by atoms with Gasteiger partial charge in [0.1, 0.15) is 0 Å². The third kappa shape index (κ3) is 7.02. The van der Waals surface area contributed by atoms with Gasteiger partial charge in [-0.3, -0.25) is 0 Å². The summed E-state index contributed by atoms with van der Waals surface area (Å²) in [5.41, 5.74) is 19.1. The molecule has 0 aromatic carbocycles. The summed E-state index contributed by atoms with van der Waals surface area (Å²) < 4.78 is 1.89. The largest absolute Gasteiger partial charge is 2.00 e. The predicted molar refractivity (Wildman–Crippen MR) is 194 cm³/mol. The van der Waals surface area contributed by atoms with Crippen LogP contribution in [0.1, 0.15) is 126 Å². The zero-order chi connectivity index (χ0) is 33.0. The summed E-state index contributed by atoms with van der Waals surface area (Å²) in [5.74, 6) is 0. The van der Waals surface area contributed by atoms with Crippen LogP contribution in [-0.4, -0.2) is 19.5 Å². The second-order valence-electron chi connectivity index (χ2n) is 12.0. The van der Waals surface area contributed by atoms with Crippen LogP contribution < -0.4 is 9.97 Å². The molecule has 0 saturated carbocycles. The molecule has 2 aliphatic heterocycles. The molecule has 0 fully saturated rings. The first kappa shape index (κ1) is 36.3. The van der Waals surface area contributed by atoms with Crippen molar-refractivity contribution in [1.82, 2.24) is 29.5 Å². The number of hydrogen-bond donors (Lipinski definition) is 0. The van der Waals surface area contributed by atoms with Crippen molar-refractivity contribution < 1.29 is 19.5 Å². The maximum atomic E-state index is 5.25. The molecule has 47 heavy (non-hydrogen) atoms. The Bertz CT molecular complexity index is 1810. The maximum Gasteiger partial charge on any atom is 2.00 e. The zero-order valence-electron chi connectivity index (χ0n) is 30.1. The Balaban J connectivity index is 0.000000643. The van der Waals surface area contributed by atoms with Crippen LogP contribution in [0.25, 0.3) is 44.4 Å². The molecule has 0 saturated heterocycles. The van der Waals surface area contributed by atoms with Gasteiger partial charge < -0.3 is 14.5 Å². The van der Waals surface area contributed by atoms with Gasteiger partial charge in [-0.15, -0.1) is 22.1 Å². The first-order valence-corrected chi connectivity index (χ1v) is 17.4. The summed E-state index contributed by atoms with van der Waals surface area (Å²) in [5, 5.41) is 0. The van der Waals surface area contributed by atoms with Crippen LogP contribution in [0.15, 0.2) is 43.0 Å². The number of nitrogens with zero attached hydrogens (tertiary/aromatic N) is 6. The fraction of sp³-hybridized carbons (Fsp3) is 0.425. The van der Waals surface area contributed by atoms with Gasteiger partial charge in [0.15, 0.2) is 0 Å². The van der Waals surface area contributed by atoms with E-state index in [0.717, 1.165) is 96.2 Å². The second kappa shape index (κ2) is 16.0. The summed E-state index contributed by atoms with van der Waals surface area (Å²) in [7, 11) is 1.94. The molecule has 2 aliphatic rings. The number of aromatic nitrogens is 6. The molecule has 6 rings (SSSR count). The van der Waals surface area contributed by atoms with Crippen molar-refractivity contribution in [2.45, 2.75) is 107 Å². The van der Waals surface area contributed by atoms with Crippen LogP contribution in [0.4, 0.5) is 0 Å². The minimum absolute atomic E-state index is 0. The van der Waals surface area contributed by atoms with E-state index in [9.17, 15) is 0 Å². The van der Waals surface area contributed by atoms with Gasteiger partial charge in [0.2, 0.25) is 0 Å². The smallest absolute Gasteiger partial charge is 0.657 e. The monoisotopic (exact) mass is 678 g/mol. The Kier molecular flexibility index (Phi) is 12.4. The molecule has 0 radical (unpaired) electrons. The molecule has 242 valence electrons. The minimum Gasteiger partial charge on any atom is -0.657 e. The van der Waals surface area contributed by atoms with Crippen molar-refractivity contribution in [3.8, 4) is 0 Å². The van der Waals surface area contributed by atoms with Gasteiger partial charge in [-0.1, -0.05) is 95.8 Å². The fourth-order valence-electron chi connectivity index (χ4n) is 7.25. The van der Waals surface area contributed by atoms with E-state index in [1.165, 1.54) is 44.5 Å². The van der Waals surface area contributed by atoms with Crippen LogP contribution in [0.2, 0.25) is 0 Å².